The van der Waals surface area contributed by atoms with Gasteiger partial charge in [0.15, 0.2) is 0 Å². The molecule has 0 radical (unpaired) electrons. The Bertz CT molecular complexity index is 205. The lowest BCUT2D eigenvalue weighted by Gasteiger charge is -2.51. The van der Waals surface area contributed by atoms with Crippen molar-refractivity contribution in [2.45, 2.75) is 74.1 Å². The van der Waals surface area contributed by atoms with Gasteiger partial charge in [-0.15, -0.1) is 0 Å². The van der Waals surface area contributed by atoms with Gasteiger partial charge in [0.05, 0.1) is 0 Å². The van der Waals surface area contributed by atoms with Crippen LogP contribution >= 0.6 is 0 Å². The Morgan fingerprint density at radius 2 is 1.27 bits per heavy atom. The lowest BCUT2D eigenvalue weighted by molar-refractivity contribution is -0.0245. The summed E-state index contributed by atoms with van der Waals surface area (Å²) < 4.78 is 0. The van der Waals surface area contributed by atoms with Gasteiger partial charge in [-0.05, 0) is 35.0 Å². The van der Waals surface area contributed by atoms with E-state index in [1.807, 2.05) is 0 Å². The molecule has 0 heterocycles. The zero-order valence-corrected chi connectivity index (χ0v) is 11.9. The fourth-order valence-corrected chi connectivity index (χ4v) is 3.67. The Kier molecular flexibility index (Phi) is 3.30. The highest BCUT2D eigenvalue weighted by atomic mass is 14.5. The lowest BCUT2D eigenvalue weighted by Crippen LogP contribution is -2.44. The van der Waals surface area contributed by atoms with Crippen molar-refractivity contribution in [3.05, 3.63) is 0 Å². The average molecular weight is 210 g/mol. The molecule has 15 heavy (non-hydrogen) atoms. The topological polar surface area (TPSA) is 0 Å². The molecule has 1 aliphatic rings. The molecule has 1 saturated carbocycles. The van der Waals surface area contributed by atoms with Crippen LogP contribution < -0.4 is 0 Å². The molecule has 0 N–H and O–H groups in total. The summed E-state index contributed by atoms with van der Waals surface area (Å²) in [6, 6.07) is 0. The Labute approximate surface area is 96.8 Å². The Morgan fingerprint density at radius 3 is 1.53 bits per heavy atom. The first-order valence-corrected chi connectivity index (χ1v) is 6.61. The molecule has 0 spiro atoms. The lowest BCUT2D eigenvalue weighted by atomic mass is 9.53. The van der Waals surface area contributed by atoms with Gasteiger partial charge in [0, 0.05) is 0 Å². The minimum atomic E-state index is 0.442. The fraction of sp³-hybridized carbons (Fsp3) is 1.00. The molecule has 0 aromatic carbocycles. The summed E-state index contributed by atoms with van der Waals surface area (Å²) in [5.41, 5.74) is 1.47. The van der Waals surface area contributed by atoms with E-state index in [1.54, 1.807) is 0 Å². The van der Waals surface area contributed by atoms with Gasteiger partial charge < -0.3 is 0 Å². The van der Waals surface area contributed by atoms with E-state index in [0.717, 1.165) is 5.92 Å². The van der Waals surface area contributed by atoms with Crippen molar-refractivity contribution in [3.8, 4) is 0 Å². The van der Waals surface area contributed by atoms with Crippen molar-refractivity contribution in [1.82, 2.24) is 0 Å². The highest BCUT2D eigenvalue weighted by Gasteiger charge is 2.50. The second-order valence-electron chi connectivity index (χ2n) is 7.70. The van der Waals surface area contributed by atoms with Crippen LogP contribution in [0.15, 0.2) is 0 Å². The maximum absolute atomic E-state index is 2.48. The summed E-state index contributed by atoms with van der Waals surface area (Å²) in [7, 11) is 0. The molecular weight excluding hydrogens is 180 g/mol. The van der Waals surface area contributed by atoms with E-state index in [0.29, 0.717) is 16.2 Å². The van der Waals surface area contributed by atoms with Crippen LogP contribution in [-0.4, -0.2) is 0 Å². The van der Waals surface area contributed by atoms with Crippen molar-refractivity contribution < 1.29 is 0 Å². The van der Waals surface area contributed by atoms with Gasteiger partial charge in [-0.2, -0.15) is 0 Å². The molecule has 1 unspecified atom stereocenters. The minimum absolute atomic E-state index is 0.442. The number of hydrogen-bond donors (Lipinski definition) is 0. The molecule has 0 amide bonds. The predicted octanol–water partition coefficient (Wildman–Crippen LogP) is 5.28. The molecule has 0 nitrogen and oxygen atoms in total. The SMILES string of the molecule is CC(C(C)(C)C)C1(C(C)(C)C)CCCC1. The molecule has 0 aliphatic heterocycles. The quantitative estimate of drug-likeness (QED) is 0.552. The van der Waals surface area contributed by atoms with Crippen molar-refractivity contribution >= 4 is 0 Å². The number of rotatable bonds is 1. The third kappa shape index (κ3) is 2.24. The highest BCUT2D eigenvalue weighted by molar-refractivity contribution is 5.00. The summed E-state index contributed by atoms with van der Waals surface area (Å²) in [5, 5.41) is 0. The first kappa shape index (κ1) is 13.1. The van der Waals surface area contributed by atoms with Crippen LogP contribution in [0.5, 0.6) is 0 Å². The molecule has 0 bridgehead atoms. The van der Waals surface area contributed by atoms with Crippen molar-refractivity contribution in [3.63, 3.8) is 0 Å². The van der Waals surface area contributed by atoms with E-state index in [-0.39, 0.29) is 0 Å². The Morgan fingerprint density at radius 1 is 0.867 bits per heavy atom. The largest absolute Gasteiger partial charge is 0.0615 e. The molecule has 0 aromatic rings. The molecule has 0 saturated heterocycles. The third-order valence-electron chi connectivity index (χ3n) is 5.12. The molecule has 1 atom stereocenters. The maximum Gasteiger partial charge on any atom is -0.0218 e. The Hall–Kier alpha value is 0. The van der Waals surface area contributed by atoms with Crippen LogP contribution in [0.4, 0.5) is 0 Å². The van der Waals surface area contributed by atoms with Gasteiger partial charge in [-0.3, -0.25) is 0 Å². The maximum atomic E-state index is 2.48. The third-order valence-corrected chi connectivity index (χ3v) is 5.12. The van der Waals surface area contributed by atoms with Crippen LogP contribution in [0.3, 0.4) is 0 Å². The van der Waals surface area contributed by atoms with Crippen LogP contribution in [0.25, 0.3) is 0 Å². The van der Waals surface area contributed by atoms with Crippen LogP contribution in [0, 0.1) is 22.2 Å². The summed E-state index contributed by atoms with van der Waals surface area (Å²) in [6.07, 6.45) is 5.76. The van der Waals surface area contributed by atoms with Gasteiger partial charge in [-0.25, -0.2) is 0 Å². The summed E-state index contributed by atoms with van der Waals surface area (Å²) >= 11 is 0. The van der Waals surface area contributed by atoms with Gasteiger partial charge in [-0.1, -0.05) is 61.3 Å². The highest BCUT2D eigenvalue weighted by Crippen LogP contribution is 2.59. The van der Waals surface area contributed by atoms with Crippen LogP contribution in [-0.2, 0) is 0 Å². The average Bonchev–Trinajstić information content (AvgIpc) is 2.48. The van der Waals surface area contributed by atoms with Gasteiger partial charge in [0.1, 0.15) is 0 Å². The van der Waals surface area contributed by atoms with E-state index >= 15 is 0 Å². The van der Waals surface area contributed by atoms with E-state index < -0.39 is 0 Å². The zero-order valence-electron chi connectivity index (χ0n) is 11.9. The van der Waals surface area contributed by atoms with Crippen molar-refractivity contribution in [2.75, 3.05) is 0 Å². The molecule has 0 aromatic heterocycles. The standard InChI is InChI=1S/C15H30/c1-12(13(2,3)4)15(14(5,6)7)10-8-9-11-15/h12H,8-11H2,1-7H3. The molecule has 1 aliphatic carbocycles. The summed E-state index contributed by atoms with van der Waals surface area (Å²) in [4.78, 5) is 0. The van der Waals surface area contributed by atoms with Crippen molar-refractivity contribution in [2.24, 2.45) is 22.2 Å². The predicted molar refractivity (Wildman–Crippen MR) is 69.0 cm³/mol. The molecule has 1 fully saturated rings. The van der Waals surface area contributed by atoms with Gasteiger partial charge >= 0.3 is 0 Å². The van der Waals surface area contributed by atoms with E-state index in [1.165, 1.54) is 25.7 Å². The molecule has 1 rings (SSSR count). The normalized spacial score (nSPS) is 24.2. The monoisotopic (exact) mass is 210 g/mol. The fourth-order valence-electron chi connectivity index (χ4n) is 3.67. The van der Waals surface area contributed by atoms with Crippen LogP contribution in [0.1, 0.15) is 74.1 Å². The zero-order chi connectivity index (χ0) is 11.9. The minimum Gasteiger partial charge on any atom is -0.0615 e. The first-order chi connectivity index (χ1) is 6.61. The van der Waals surface area contributed by atoms with E-state index in [2.05, 4.69) is 48.5 Å². The molecule has 90 valence electrons. The summed E-state index contributed by atoms with van der Waals surface area (Å²) in [6.45, 7) is 17.0. The second kappa shape index (κ2) is 3.79. The number of hydrogen-bond acceptors (Lipinski definition) is 0. The first-order valence-electron chi connectivity index (χ1n) is 6.61. The smallest absolute Gasteiger partial charge is 0.0218 e. The van der Waals surface area contributed by atoms with Crippen molar-refractivity contribution in [1.29, 1.82) is 0 Å². The second-order valence-corrected chi connectivity index (χ2v) is 7.70. The van der Waals surface area contributed by atoms with Gasteiger partial charge in [0.25, 0.3) is 0 Å². The Balaban J connectivity index is 3.02. The molecular formula is C15H30. The summed E-state index contributed by atoms with van der Waals surface area (Å²) in [5.74, 6) is 0.812. The van der Waals surface area contributed by atoms with Gasteiger partial charge in [0.2, 0.25) is 0 Å². The van der Waals surface area contributed by atoms with E-state index in [4.69, 9.17) is 0 Å². The van der Waals surface area contributed by atoms with E-state index in [9.17, 15) is 0 Å². The van der Waals surface area contributed by atoms with Crippen LogP contribution in [0.2, 0.25) is 0 Å². The molecule has 0 heteroatoms.